The van der Waals surface area contributed by atoms with E-state index in [0.717, 1.165) is 26.1 Å². The number of thioether (sulfide) groups is 1. The van der Waals surface area contributed by atoms with E-state index in [-0.39, 0.29) is 5.91 Å². The Morgan fingerprint density at radius 2 is 1.79 bits per heavy atom. The Balaban J connectivity index is 2.00. The second kappa shape index (κ2) is 7.85. The molecule has 6 heteroatoms. The lowest BCUT2D eigenvalue weighted by Crippen LogP contribution is -2.16. The lowest BCUT2D eigenvalue weighted by molar-refractivity contribution is -0.113. The predicted octanol–water partition coefficient (Wildman–Crippen LogP) is 4.20. The average Bonchev–Trinajstić information content (AvgIpc) is 2.49. The van der Waals surface area contributed by atoms with Gasteiger partial charge < -0.3 is 11.1 Å². The zero-order valence-corrected chi connectivity index (χ0v) is 16.2. The molecular weight excluding hydrogens is 388 g/mol. The fourth-order valence-corrected chi connectivity index (χ4v) is 3.63. The number of amides is 2. The second-order valence-electron chi connectivity index (χ2n) is 5.60. The maximum atomic E-state index is 12.1. The van der Waals surface area contributed by atoms with Gasteiger partial charge in [-0.05, 0) is 67.8 Å². The molecule has 3 N–H and O–H groups in total. The molecule has 0 heterocycles. The Labute approximate surface area is 154 Å². The highest BCUT2D eigenvalue weighted by atomic mass is 79.9. The number of primary amides is 1. The topological polar surface area (TPSA) is 72.2 Å². The first-order valence-corrected chi connectivity index (χ1v) is 9.15. The largest absolute Gasteiger partial charge is 0.366 e. The van der Waals surface area contributed by atoms with Gasteiger partial charge in [0.05, 0.1) is 5.75 Å². The van der Waals surface area contributed by atoms with Gasteiger partial charge in [0, 0.05) is 20.6 Å². The summed E-state index contributed by atoms with van der Waals surface area (Å²) in [6.07, 6.45) is 0. The second-order valence-corrected chi connectivity index (χ2v) is 7.47. The van der Waals surface area contributed by atoms with Gasteiger partial charge in [-0.3, -0.25) is 9.59 Å². The van der Waals surface area contributed by atoms with Crippen molar-refractivity contribution in [2.24, 2.45) is 5.73 Å². The van der Waals surface area contributed by atoms with Crippen LogP contribution in [0.5, 0.6) is 0 Å². The molecular formula is C18H19BrN2O2S. The van der Waals surface area contributed by atoms with Crippen LogP contribution >= 0.6 is 27.7 Å². The van der Waals surface area contributed by atoms with Gasteiger partial charge >= 0.3 is 0 Å². The third-order valence-electron chi connectivity index (χ3n) is 3.59. The third kappa shape index (κ3) is 4.61. The van der Waals surface area contributed by atoms with Gasteiger partial charge in [0.1, 0.15) is 0 Å². The van der Waals surface area contributed by atoms with Crippen LogP contribution in [0.25, 0.3) is 0 Å². The van der Waals surface area contributed by atoms with Crippen LogP contribution < -0.4 is 11.1 Å². The molecule has 0 aromatic heterocycles. The molecule has 0 fully saturated rings. The molecule has 126 valence electrons. The third-order valence-corrected chi connectivity index (χ3v) is 5.60. The number of carbonyl (C=O) groups is 2. The van der Waals surface area contributed by atoms with Crippen molar-refractivity contribution in [2.75, 3.05) is 11.1 Å². The van der Waals surface area contributed by atoms with Crippen molar-refractivity contribution in [3.8, 4) is 0 Å². The van der Waals surface area contributed by atoms with Crippen molar-refractivity contribution in [1.82, 2.24) is 0 Å². The molecule has 4 nitrogen and oxygen atoms in total. The molecule has 0 aliphatic carbocycles. The first-order valence-electron chi connectivity index (χ1n) is 7.37. The average molecular weight is 407 g/mol. The highest BCUT2D eigenvalue weighted by Crippen LogP contribution is 2.28. The van der Waals surface area contributed by atoms with E-state index in [2.05, 4.69) is 33.4 Å². The normalized spacial score (nSPS) is 10.5. The summed E-state index contributed by atoms with van der Waals surface area (Å²) in [6.45, 7) is 5.84. The van der Waals surface area contributed by atoms with Gasteiger partial charge in [0.15, 0.2) is 0 Å². The van der Waals surface area contributed by atoms with Crippen LogP contribution in [-0.2, 0) is 4.79 Å². The van der Waals surface area contributed by atoms with E-state index < -0.39 is 5.91 Å². The minimum absolute atomic E-state index is 0.0915. The molecule has 0 spiro atoms. The Morgan fingerprint density at radius 1 is 1.08 bits per heavy atom. The molecule has 0 atom stereocenters. The smallest absolute Gasteiger partial charge is 0.248 e. The highest BCUT2D eigenvalue weighted by molar-refractivity contribution is 9.10. The summed E-state index contributed by atoms with van der Waals surface area (Å²) < 4.78 is 1.07. The maximum Gasteiger partial charge on any atom is 0.248 e. The Hall–Kier alpha value is -1.79. The predicted molar refractivity (Wildman–Crippen MR) is 103 cm³/mol. The molecule has 2 rings (SSSR count). The first kappa shape index (κ1) is 18.5. The van der Waals surface area contributed by atoms with E-state index in [1.165, 1.54) is 11.8 Å². The molecule has 0 saturated heterocycles. The number of carbonyl (C=O) groups excluding carboxylic acids is 2. The Kier molecular flexibility index (Phi) is 6.07. The first-order chi connectivity index (χ1) is 11.3. The summed E-state index contributed by atoms with van der Waals surface area (Å²) in [7, 11) is 0. The van der Waals surface area contributed by atoms with E-state index in [9.17, 15) is 9.59 Å². The SMILES string of the molecule is Cc1cc(SCC(=O)Nc2ccc(C(N)=O)c(C)c2)c(C)cc1Br. The number of nitrogens with two attached hydrogens (primary N) is 1. The Morgan fingerprint density at radius 3 is 2.42 bits per heavy atom. The number of aryl methyl sites for hydroxylation is 3. The molecule has 0 bridgehead atoms. The van der Waals surface area contributed by atoms with E-state index in [4.69, 9.17) is 5.73 Å². The minimum Gasteiger partial charge on any atom is -0.366 e. The van der Waals surface area contributed by atoms with E-state index >= 15 is 0 Å². The molecule has 0 radical (unpaired) electrons. The molecule has 0 unspecified atom stereocenters. The molecule has 2 aromatic carbocycles. The van der Waals surface area contributed by atoms with Crippen molar-refractivity contribution >= 4 is 45.2 Å². The quantitative estimate of drug-likeness (QED) is 0.730. The standard InChI is InChI=1S/C18H19BrN2O2S/c1-10-6-13(4-5-14(10)18(20)23)21-17(22)9-24-16-8-11(2)15(19)7-12(16)3/h4-8H,9H2,1-3H3,(H2,20,23)(H,21,22). The number of hydrogen-bond donors (Lipinski definition) is 2. The van der Waals surface area contributed by atoms with Gasteiger partial charge in [-0.25, -0.2) is 0 Å². The Bertz CT molecular complexity index is 806. The number of anilines is 1. The maximum absolute atomic E-state index is 12.1. The molecule has 0 saturated carbocycles. The number of benzene rings is 2. The van der Waals surface area contributed by atoms with Crippen molar-refractivity contribution in [1.29, 1.82) is 0 Å². The van der Waals surface area contributed by atoms with Crippen LogP contribution in [0.4, 0.5) is 5.69 Å². The molecule has 2 aromatic rings. The minimum atomic E-state index is -0.470. The van der Waals surface area contributed by atoms with E-state index in [1.807, 2.05) is 13.8 Å². The number of hydrogen-bond acceptors (Lipinski definition) is 3. The van der Waals surface area contributed by atoms with Gasteiger partial charge in [-0.2, -0.15) is 0 Å². The van der Waals surface area contributed by atoms with Crippen molar-refractivity contribution in [3.63, 3.8) is 0 Å². The summed E-state index contributed by atoms with van der Waals surface area (Å²) in [6, 6.07) is 9.19. The fraction of sp³-hybridized carbons (Fsp3) is 0.222. The molecule has 0 aliphatic heterocycles. The van der Waals surface area contributed by atoms with Crippen LogP contribution in [0.15, 0.2) is 39.7 Å². The van der Waals surface area contributed by atoms with Gasteiger partial charge in [0.25, 0.3) is 0 Å². The lowest BCUT2D eigenvalue weighted by atomic mass is 10.1. The molecule has 24 heavy (non-hydrogen) atoms. The van der Waals surface area contributed by atoms with Crippen molar-refractivity contribution < 1.29 is 9.59 Å². The lowest BCUT2D eigenvalue weighted by Gasteiger charge is -2.10. The highest BCUT2D eigenvalue weighted by Gasteiger charge is 2.09. The van der Waals surface area contributed by atoms with Gasteiger partial charge in [-0.1, -0.05) is 15.9 Å². The zero-order valence-electron chi connectivity index (χ0n) is 13.8. The monoisotopic (exact) mass is 406 g/mol. The summed E-state index contributed by atoms with van der Waals surface area (Å²) >= 11 is 5.01. The number of halogens is 1. The van der Waals surface area contributed by atoms with E-state index in [0.29, 0.717) is 17.0 Å². The van der Waals surface area contributed by atoms with Gasteiger partial charge in [-0.15, -0.1) is 11.8 Å². The van der Waals surface area contributed by atoms with Gasteiger partial charge in [0.2, 0.25) is 11.8 Å². The number of rotatable bonds is 5. The van der Waals surface area contributed by atoms with E-state index in [1.54, 1.807) is 25.1 Å². The van der Waals surface area contributed by atoms with Crippen LogP contribution in [0.2, 0.25) is 0 Å². The summed E-state index contributed by atoms with van der Waals surface area (Å²) in [5.41, 5.74) is 9.42. The van der Waals surface area contributed by atoms with Crippen LogP contribution in [0.3, 0.4) is 0 Å². The fourth-order valence-electron chi connectivity index (χ4n) is 2.27. The molecule has 2 amide bonds. The summed E-state index contributed by atoms with van der Waals surface area (Å²) in [5, 5.41) is 2.84. The van der Waals surface area contributed by atoms with Crippen molar-refractivity contribution in [3.05, 3.63) is 57.1 Å². The molecule has 0 aliphatic rings. The number of nitrogens with one attached hydrogen (secondary N) is 1. The van der Waals surface area contributed by atoms with Crippen molar-refractivity contribution in [2.45, 2.75) is 25.7 Å². The van der Waals surface area contributed by atoms with Crippen LogP contribution in [0.1, 0.15) is 27.0 Å². The summed E-state index contributed by atoms with van der Waals surface area (Å²) in [5.74, 6) is -0.244. The van der Waals surface area contributed by atoms with Crippen LogP contribution in [0, 0.1) is 20.8 Å². The van der Waals surface area contributed by atoms with Crippen LogP contribution in [-0.4, -0.2) is 17.6 Å². The summed E-state index contributed by atoms with van der Waals surface area (Å²) in [4.78, 5) is 24.5. The zero-order chi connectivity index (χ0) is 17.9.